The maximum atomic E-state index is 13.0. The van der Waals surface area contributed by atoms with Crippen LogP contribution in [0.5, 0.6) is 11.5 Å². The molecule has 2 aliphatic heterocycles. The molecule has 2 aliphatic rings. The number of hydrogen-bond acceptors (Lipinski definition) is 6. The molecule has 1 fully saturated rings. The van der Waals surface area contributed by atoms with Gasteiger partial charge in [-0.3, -0.25) is 4.79 Å². The van der Waals surface area contributed by atoms with E-state index in [0.717, 1.165) is 61.4 Å². The van der Waals surface area contributed by atoms with Crippen LogP contribution in [-0.2, 0) is 17.8 Å². The Hall–Kier alpha value is -2.67. The van der Waals surface area contributed by atoms with Crippen molar-refractivity contribution in [2.75, 3.05) is 26.8 Å². The molecule has 2 aromatic rings. The highest BCUT2D eigenvalue weighted by molar-refractivity contribution is 5.78. The Bertz CT molecular complexity index is 886. The molecule has 1 unspecified atom stereocenters. The van der Waals surface area contributed by atoms with Gasteiger partial charge in [-0.15, -0.1) is 0 Å². The predicted molar refractivity (Wildman–Crippen MR) is 109 cm³/mol. The molecule has 1 aromatic carbocycles. The molecule has 1 aromatic heterocycles. The second kappa shape index (κ2) is 8.78. The van der Waals surface area contributed by atoms with Crippen LogP contribution >= 0.6 is 0 Å². The van der Waals surface area contributed by atoms with Crippen molar-refractivity contribution in [3.8, 4) is 11.5 Å². The number of aryl methyl sites for hydroxylation is 1. The number of fused-ring (bicyclic) bond motifs is 1. The van der Waals surface area contributed by atoms with Gasteiger partial charge in [-0.1, -0.05) is 6.07 Å². The molecule has 0 spiro atoms. The van der Waals surface area contributed by atoms with Gasteiger partial charge in [-0.25, -0.2) is 9.97 Å². The minimum atomic E-state index is -0.0834. The minimum absolute atomic E-state index is 0.0230. The number of nitrogens with one attached hydrogen (secondary N) is 1. The summed E-state index contributed by atoms with van der Waals surface area (Å²) in [6.07, 6.45) is 5.77. The number of carbonyl (C=O) groups excluding carboxylic acids is 1. The number of carbonyl (C=O) groups is 1. The third-order valence-electron chi connectivity index (χ3n) is 5.62. The maximum absolute atomic E-state index is 13.0. The largest absolute Gasteiger partial charge is 0.493 e. The van der Waals surface area contributed by atoms with E-state index in [1.807, 2.05) is 36.2 Å². The van der Waals surface area contributed by atoms with Crippen LogP contribution in [0.3, 0.4) is 0 Å². The lowest BCUT2D eigenvalue weighted by molar-refractivity contribution is -0.137. The molecule has 0 bridgehead atoms. The van der Waals surface area contributed by atoms with Gasteiger partial charge in [0.05, 0.1) is 13.2 Å². The topological polar surface area (TPSA) is 76.6 Å². The number of ether oxygens (including phenoxy) is 2. The molecule has 29 heavy (non-hydrogen) atoms. The lowest BCUT2D eigenvalue weighted by atomic mass is 10.0. The fourth-order valence-corrected chi connectivity index (χ4v) is 4.03. The van der Waals surface area contributed by atoms with Crippen LogP contribution in [0, 0.1) is 6.92 Å². The van der Waals surface area contributed by atoms with Crippen molar-refractivity contribution < 1.29 is 14.3 Å². The number of rotatable bonds is 5. The lowest BCUT2D eigenvalue weighted by Gasteiger charge is -2.35. The van der Waals surface area contributed by atoms with Gasteiger partial charge in [0.25, 0.3) is 5.91 Å². The monoisotopic (exact) mass is 396 g/mol. The summed E-state index contributed by atoms with van der Waals surface area (Å²) in [5, 5.41) is 3.34. The van der Waals surface area contributed by atoms with E-state index in [2.05, 4.69) is 10.3 Å². The molecule has 7 heteroatoms. The number of aromatic nitrogens is 2. The van der Waals surface area contributed by atoms with Crippen LogP contribution in [0.4, 0.5) is 0 Å². The summed E-state index contributed by atoms with van der Waals surface area (Å²) in [5.41, 5.74) is 3.34. The van der Waals surface area contributed by atoms with Gasteiger partial charge >= 0.3 is 0 Å². The normalized spacial score (nSPS) is 18.8. The number of benzene rings is 1. The number of piperidine rings is 1. The van der Waals surface area contributed by atoms with Gasteiger partial charge in [-0.2, -0.15) is 0 Å². The maximum Gasteiger partial charge on any atom is 0.261 e. The zero-order valence-corrected chi connectivity index (χ0v) is 17.1. The first-order valence-corrected chi connectivity index (χ1v) is 10.3. The van der Waals surface area contributed by atoms with Gasteiger partial charge in [0.15, 0.2) is 23.9 Å². The standard InChI is InChI=1S/C22H28N4O3/c1-15-6-7-19(20(11-15)28-2)29-14-21(27)26-10-4-3-5-18(26)22-24-13-16-12-23-9-8-17(16)25-22/h6-7,11,13,18,23H,3-5,8-10,12,14H2,1-2H3. The third-order valence-corrected chi connectivity index (χ3v) is 5.62. The Kier molecular flexibility index (Phi) is 5.94. The summed E-state index contributed by atoms with van der Waals surface area (Å²) in [4.78, 5) is 24.3. The minimum Gasteiger partial charge on any atom is -0.493 e. The second-order valence-corrected chi connectivity index (χ2v) is 7.67. The second-order valence-electron chi connectivity index (χ2n) is 7.67. The molecule has 1 saturated heterocycles. The number of methoxy groups -OCH3 is 1. The van der Waals surface area contributed by atoms with E-state index in [4.69, 9.17) is 14.5 Å². The highest BCUT2D eigenvalue weighted by Crippen LogP contribution is 2.31. The summed E-state index contributed by atoms with van der Waals surface area (Å²) < 4.78 is 11.2. The van der Waals surface area contributed by atoms with Gasteiger partial charge < -0.3 is 19.7 Å². The zero-order valence-electron chi connectivity index (χ0n) is 17.1. The quantitative estimate of drug-likeness (QED) is 0.837. The van der Waals surface area contributed by atoms with E-state index in [9.17, 15) is 4.79 Å². The number of hydrogen-bond donors (Lipinski definition) is 1. The number of nitrogens with zero attached hydrogens (tertiary/aromatic N) is 3. The van der Waals surface area contributed by atoms with E-state index < -0.39 is 0 Å². The molecular weight excluding hydrogens is 368 g/mol. The molecule has 1 amide bonds. The average Bonchev–Trinajstić information content (AvgIpc) is 2.77. The van der Waals surface area contributed by atoms with Crippen LogP contribution in [0.2, 0.25) is 0 Å². The van der Waals surface area contributed by atoms with E-state index in [0.29, 0.717) is 18.0 Å². The molecular formula is C22H28N4O3. The molecule has 7 nitrogen and oxygen atoms in total. The zero-order chi connectivity index (χ0) is 20.2. The first kappa shape index (κ1) is 19.6. The summed E-state index contributed by atoms with van der Waals surface area (Å²) in [5.74, 6) is 1.93. The summed E-state index contributed by atoms with van der Waals surface area (Å²) in [7, 11) is 1.60. The highest BCUT2D eigenvalue weighted by Gasteiger charge is 2.31. The smallest absolute Gasteiger partial charge is 0.261 e. The Morgan fingerprint density at radius 3 is 3.07 bits per heavy atom. The summed E-state index contributed by atoms with van der Waals surface area (Å²) in [6, 6.07) is 5.61. The molecule has 3 heterocycles. The van der Waals surface area contributed by atoms with Gasteiger partial charge in [0, 0.05) is 43.5 Å². The Morgan fingerprint density at radius 2 is 2.21 bits per heavy atom. The van der Waals surface area contributed by atoms with E-state index in [-0.39, 0.29) is 18.6 Å². The predicted octanol–water partition coefficient (Wildman–Crippen LogP) is 2.57. The molecule has 0 aliphatic carbocycles. The van der Waals surface area contributed by atoms with E-state index >= 15 is 0 Å². The van der Waals surface area contributed by atoms with Crippen LogP contribution in [0.1, 0.15) is 47.9 Å². The average molecular weight is 396 g/mol. The van der Waals surface area contributed by atoms with Crippen LogP contribution in [-0.4, -0.2) is 47.6 Å². The Balaban J connectivity index is 1.48. The number of amides is 1. The van der Waals surface area contributed by atoms with Gasteiger partial charge in [0.2, 0.25) is 0 Å². The van der Waals surface area contributed by atoms with Crippen molar-refractivity contribution in [2.45, 2.75) is 45.2 Å². The third kappa shape index (κ3) is 4.34. The van der Waals surface area contributed by atoms with Crippen molar-refractivity contribution in [3.05, 3.63) is 47.0 Å². The van der Waals surface area contributed by atoms with Crippen molar-refractivity contribution in [3.63, 3.8) is 0 Å². The molecule has 1 N–H and O–H groups in total. The Labute approximate surface area is 171 Å². The molecule has 0 saturated carbocycles. The molecule has 4 rings (SSSR count). The van der Waals surface area contributed by atoms with E-state index in [1.165, 1.54) is 0 Å². The molecule has 154 valence electrons. The van der Waals surface area contributed by atoms with Crippen LogP contribution in [0.15, 0.2) is 24.4 Å². The molecule has 0 radical (unpaired) electrons. The van der Waals surface area contributed by atoms with Crippen molar-refractivity contribution in [1.29, 1.82) is 0 Å². The van der Waals surface area contributed by atoms with Crippen LogP contribution in [0.25, 0.3) is 0 Å². The van der Waals surface area contributed by atoms with E-state index in [1.54, 1.807) is 7.11 Å². The van der Waals surface area contributed by atoms with Crippen molar-refractivity contribution in [2.24, 2.45) is 0 Å². The fraction of sp³-hybridized carbons (Fsp3) is 0.500. The SMILES string of the molecule is COc1cc(C)ccc1OCC(=O)N1CCCCC1c1ncc2c(n1)CCNC2. The number of likely N-dealkylation sites (tertiary alicyclic amines) is 1. The van der Waals surface area contributed by atoms with Crippen molar-refractivity contribution in [1.82, 2.24) is 20.2 Å². The fourth-order valence-electron chi connectivity index (χ4n) is 4.03. The lowest BCUT2D eigenvalue weighted by Crippen LogP contribution is -2.42. The summed E-state index contributed by atoms with van der Waals surface area (Å²) in [6.45, 7) is 4.42. The van der Waals surface area contributed by atoms with Crippen LogP contribution < -0.4 is 14.8 Å². The first-order valence-electron chi connectivity index (χ1n) is 10.3. The van der Waals surface area contributed by atoms with Gasteiger partial charge in [0.1, 0.15) is 0 Å². The van der Waals surface area contributed by atoms with Gasteiger partial charge in [-0.05, 0) is 43.9 Å². The highest BCUT2D eigenvalue weighted by atomic mass is 16.5. The Morgan fingerprint density at radius 1 is 1.31 bits per heavy atom. The summed E-state index contributed by atoms with van der Waals surface area (Å²) >= 11 is 0. The van der Waals surface area contributed by atoms with Crippen molar-refractivity contribution >= 4 is 5.91 Å². The molecule has 1 atom stereocenters. The first-order chi connectivity index (χ1) is 14.2.